The van der Waals surface area contributed by atoms with Gasteiger partial charge in [-0.25, -0.2) is 0 Å². The fourth-order valence-electron chi connectivity index (χ4n) is 1.12. The summed E-state index contributed by atoms with van der Waals surface area (Å²) in [6.45, 7) is 8.20. The molecule has 2 nitrogen and oxygen atoms in total. The van der Waals surface area contributed by atoms with Crippen LogP contribution in [0, 0.1) is 17.4 Å². The van der Waals surface area contributed by atoms with Gasteiger partial charge in [-0.3, -0.25) is 0 Å². The molecule has 2 atom stereocenters. The Kier molecular flexibility index (Phi) is 2.94. The lowest BCUT2D eigenvalue weighted by Crippen LogP contribution is -2.20. The van der Waals surface area contributed by atoms with Crippen LogP contribution in [0.15, 0.2) is 0 Å². The van der Waals surface area contributed by atoms with E-state index in [9.17, 15) is 5.11 Å². The Morgan fingerprint density at radius 3 is 2.42 bits per heavy atom. The summed E-state index contributed by atoms with van der Waals surface area (Å²) >= 11 is 0. The predicted octanol–water partition coefficient (Wildman–Crippen LogP) is 0.447. The van der Waals surface area contributed by atoms with Crippen molar-refractivity contribution in [2.45, 2.75) is 25.7 Å². The second kappa shape index (κ2) is 3.61. The van der Waals surface area contributed by atoms with Crippen LogP contribution in [0.2, 0.25) is 19.6 Å². The first-order valence-corrected chi connectivity index (χ1v) is 7.90. The third-order valence-corrected chi connectivity index (χ3v) is 2.71. The van der Waals surface area contributed by atoms with E-state index >= 15 is 0 Å². The molecular weight excluding hydrogens is 166 g/mol. The molecule has 2 N–H and O–H groups in total. The Labute approximate surface area is 75.4 Å². The maximum Gasteiger partial charge on any atom is 0.129 e. The van der Waals surface area contributed by atoms with Crippen LogP contribution in [0.25, 0.3) is 0 Å². The van der Waals surface area contributed by atoms with Crippen molar-refractivity contribution in [2.24, 2.45) is 5.92 Å². The van der Waals surface area contributed by atoms with Crippen LogP contribution in [0.4, 0.5) is 0 Å². The zero-order chi connectivity index (χ0) is 9.19. The molecule has 0 saturated carbocycles. The molecule has 1 aliphatic heterocycles. The van der Waals surface area contributed by atoms with Gasteiger partial charge in [0.2, 0.25) is 0 Å². The molecule has 1 saturated heterocycles. The minimum Gasteiger partial charge on any atom is -0.390 e. The first-order valence-electron chi connectivity index (χ1n) is 4.40. The third kappa shape index (κ3) is 2.98. The van der Waals surface area contributed by atoms with Gasteiger partial charge in [-0.1, -0.05) is 19.6 Å². The first-order chi connectivity index (χ1) is 5.49. The summed E-state index contributed by atoms with van der Waals surface area (Å²) in [7, 11) is -1.25. The van der Waals surface area contributed by atoms with Crippen molar-refractivity contribution in [3.8, 4) is 11.5 Å². The molecule has 1 aliphatic rings. The topological polar surface area (TPSA) is 32.3 Å². The zero-order valence-corrected chi connectivity index (χ0v) is 9.02. The maximum atomic E-state index is 9.44. The Bertz CT molecular complexity index is 211. The molecule has 1 fully saturated rings. The Morgan fingerprint density at radius 2 is 2.00 bits per heavy atom. The van der Waals surface area contributed by atoms with Gasteiger partial charge in [0.1, 0.15) is 8.07 Å². The summed E-state index contributed by atoms with van der Waals surface area (Å²) in [4.78, 5) is 0. The van der Waals surface area contributed by atoms with Crippen LogP contribution >= 0.6 is 0 Å². The van der Waals surface area contributed by atoms with Crippen molar-refractivity contribution in [3.63, 3.8) is 0 Å². The van der Waals surface area contributed by atoms with E-state index in [1.807, 2.05) is 0 Å². The molecule has 1 rings (SSSR count). The third-order valence-electron chi connectivity index (χ3n) is 1.81. The molecule has 0 aromatic rings. The molecular formula is C9H17NOSi. The van der Waals surface area contributed by atoms with Crippen LogP contribution in [-0.2, 0) is 0 Å². The molecule has 2 unspecified atom stereocenters. The SMILES string of the molecule is C[Si](C)(C)C#CC1CNCC1O. The second-order valence-corrected chi connectivity index (χ2v) is 9.10. The van der Waals surface area contributed by atoms with Gasteiger partial charge in [-0.05, 0) is 0 Å². The quantitative estimate of drug-likeness (QED) is 0.422. The number of aliphatic hydroxyl groups is 1. The molecule has 0 aromatic carbocycles. The fourth-order valence-corrected chi connectivity index (χ4v) is 1.74. The Morgan fingerprint density at radius 1 is 1.33 bits per heavy atom. The highest BCUT2D eigenvalue weighted by atomic mass is 28.3. The van der Waals surface area contributed by atoms with Crippen molar-refractivity contribution in [2.75, 3.05) is 13.1 Å². The molecule has 0 amide bonds. The van der Waals surface area contributed by atoms with Gasteiger partial charge in [0.25, 0.3) is 0 Å². The van der Waals surface area contributed by atoms with E-state index in [-0.39, 0.29) is 12.0 Å². The summed E-state index contributed by atoms with van der Waals surface area (Å²) in [5.74, 6) is 3.33. The number of β-amino-alcohol motifs (C(OH)–C–C–N with tert-alkyl or cyclic N) is 1. The van der Waals surface area contributed by atoms with Crippen LogP contribution in [0.1, 0.15) is 0 Å². The number of hydrogen-bond donors (Lipinski definition) is 2. The van der Waals surface area contributed by atoms with E-state index in [1.165, 1.54) is 0 Å². The number of aliphatic hydroxyl groups excluding tert-OH is 1. The summed E-state index contributed by atoms with van der Waals surface area (Å²) in [6.07, 6.45) is -0.256. The molecule has 0 bridgehead atoms. The standard InChI is InChI=1S/C9H17NOSi/c1-12(2,3)5-4-8-6-10-7-9(8)11/h8-11H,6-7H2,1-3H3. The van der Waals surface area contributed by atoms with E-state index in [0.717, 1.165) is 6.54 Å². The average molecular weight is 183 g/mol. The Balaban J connectivity index is 2.53. The van der Waals surface area contributed by atoms with Gasteiger partial charge < -0.3 is 10.4 Å². The monoisotopic (exact) mass is 183 g/mol. The van der Waals surface area contributed by atoms with Gasteiger partial charge >= 0.3 is 0 Å². The molecule has 68 valence electrons. The highest BCUT2D eigenvalue weighted by molar-refractivity contribution is 6.83. The summed E-state index contributed by atoms with van der Waals surface area (Å²) in [6, 6.07) is 0. The first kappa shape index (κ1) is 9.78. The largest absolute Gasteiger partial charge is 0.390 e. The average Bonchev–Trinajstić information content (AvgIpc) is 2.29. The lowest BCUT2D eigenvalue weighted by molar-refractivity contribution is 0.171. The molecule has 0 aliphatic carbocycles. The van der Waals surface area contributed by atoms with Crippen molar-refractivity contribution < 1.29 is 5.11 Å². The summed E-state index contributed by atoms with van der Waals surface area (Å²) in [5, 5.41) is 12.6. The van der Waals surface area contributed by atoms with Crippen molar-refractivity contribution in [1.29, 1.82) is 0 Å². The highest BCUT2D eigenvalue weighted by Crippen LogP contribution is 2.07. The number of rotatable bonds is 0. The molecule has 3 heteroatoms. The number of nitrogens with one attached hydrogen (secondary N) is 1. The molecule has 12 heavy (non-hydrogen) atoms. The van der Waals surface area contributed by atoms with Crippen molar-refractivity contribution >= 4 is 8.07 Å². The van der Waals surface area contributed by atoms with Gasteiger partial charge in [0.15, 0.2) is 0 Å². The van der Waals surface area contributed by atoms with Gasteiger partial charge in [-0.2, -0.15) is 0 Å². The highest BCUT2D eigenvalue weighted by Gasteiger charge is 2.23. The minimum absolute atomic E-state index is 0.164. The van der Waals surface area contributed by atoms with Gasteiger partial charge in [0.05, 0.1) is 12.0 Å². The maximum absolute atomic E-state index is 9.44. The number of hydrogen-bond acceptors (Lipinski definition) is 2. The van der Waals surface area contributed by atoms with Gasteiger partial charge in [-0.15, -0.1) is 11.5 Å². The van der Waals surface area contributed by atoms with Crippen LogP contribution in [0.3, 0.4) is 0 Å². The summed E-state index contributed by atoms with van der Waals surface area (Å²) < 4.78 is 0. The van der Waals surface area contributed by atoms with E-state index in [2.05, 4.69) is 36.4 Å². The smallest absolute Gasteiger partial charge is 0.129 e. The van der Waals surface area contributed by atoms with Crippen molar-refractivity contribution in [3.05, 3.63) is 0 Å². The summed E-state index contributed by atoms with van der Waals surface area (Å²) in [5.41, 5.74) is 3.28. The Hall–Kier alpha value is -0.303. The molecule has 0 spiro atoms. The van der Waals surface area contributed by atoms with Crippen LogP contribution in [-0.4, -0.2) is 32.4 Å². The lowest BCUT2D eigenvalue weighted by atomic mass is 10.1. The normalized spacial score (nSPS) is 29.7. The van der Waals surface area contributed by atoms with E-state index < -0.39 is 8.07 Å². The molecule has 0 aromatic heterocycles. The fraction of sp³-hybridized carbons (Fsp3) is 0.778. The lowest BCUT2D eigenvalue weighted by Gasteiger charge is -2.07. The minimum atomic E-state index is -1.25. The van der Waals surface area contributed by atoms with Crippen molar-refractivity contribution in [1.82, 2.24) is 5.32 Å². The second-order valence-electron chi connectivity index (χ2n) is 4.35. The predicted molar refractivity (Wildman–Crippen MR) is 53.5 cm³/mol. The van der Waals surface area contributed by atoms with E-state index in [4.69, 9.17) is 0 Å². The van der Waals surface area contributed by atoms with E-state index in [1.54, 1.807) is 0 Å². The van der Waals surface area contributed by atoms with E-state index in [0.29, 0.717) is 6.54 Å². The van der Waals surface area contributed by atoms with Crippen LogP contribution < -0.4 is 5.32 Å². The van der Waals surface area contributed by atoms with Crippen LogP contribution in [0.5, 0.6) is 0 Å². The molecule has 1 heterocycles. The molecule has 0 radical (unpaired) electrons. The zero-order valence-electron chi connectivity index (χ0n) is 8.02. The van der Waals surface area contributed by atoms with Gasteiger partial charge in [0, 0.05) is 13.1 Å².